The second-order valence-corrected chi connectivity index (χ2v) is 4.56. The molecule has 0 saturated carbocycles. The SMILES string of the molecule is O=C(O)CCNC(=O)c1ccc(NC(=O)c2ccnnc2)cc1. The molecular formula is C15H14N4O4. The van der Waals surface area contributed by atoms with E-state index in [1.165, 1.54) is 30.6 Å². The summed E-state index contributed by atoms with van der Waals surface area (Å²) in [4.78, 5) is 34.1. The molecule has 2 rings (SSSR count). The highest BCUT2D eigenvalue weighted by Gasteiger charge is 2.08. The number of hydrogen-bond acceptors (Lipinski definition) is 5. The molecule has 23 heavy (non-hydrogen) atoms. The van der Waals surface area contributed by atoms with Crippen molar-refractivity contribution in [1.82, 2.24) is 15.5 Å². The zero-order chi connectivity index (χ0) is 16.7. The smallest absolute Gasteiger partial charge is 0.305 e. The Morgan fingerprint density at radius 1 is 0.957 bits per heavy atom. The molecule has 1 aromatic carbocycles. The van der Waals surface area contributed by atoms with Crippen LogP contribution in [0, 0.1) is 0 Å². The van der Waals surface area contributed by atoms with E-state index in [1.807, 2.05) is 0 Å². The molecule has 118 valence electrons. The van der Waals surface area contributed by atoms with Crippen LogP contribution in [0.1, 0.15) is 27.1 Å². The van der Waals surface area contributed by atoms with Crippen molar-refractivity contribution >= 4 is 23.5 Å². The zero-order valence-corrected chi connectivity index (χ0v) is 12.0. The summed E-state index contributed by atoms with van der Waals surface area (Å²) in [6.45, 7) is 0.0572. The van der Waals surface area contributed by atoms with Crippen LogP contribution in [0.3, 0.4) is 0 Å². The van der Waals surface area contributed by atoms with Crippen molar-refractivity contribution in [2.45, 2.75) is 6.42 Å². The lowest BCUT2D eigenvalue weighted by Crippen LogP contribution is -2.25. The summed E-state index contributed by atoms with van der Waals surface area (Å²) in [5.74, 6) is -1.69. The first-order valence-corrected chi connectivity index (χ1v) is 6.74. The number of benzene rings is 1. The number of nitrogens with one attached hydrogen (secondary N) is 2. The van der Waals surface area contributed by atoms with Crippen LogP contribution in [0.2, 0.25) is 0 Å². The fourth-order valence-electron chi connectivity index (χ4n) is 1.72. The number of carbonyl (C=O) groups is 3. The van der Waals surface area contributed by atoms with Crippen LogP contribution in [-0.2, 0) is 4.79 Å². The highest BCUT2D eigenvalue weighted by atomic mass is 16.4. The maximum absolute atomic E-state index is 11.9. The van der Waals surface area contributed by atoms with Gasteiger partial charge in [-0.3, -0.25) is 14.4 Å². The van der Waals surface area contributed by atoms with Crippen LogP contribution in [0.5, 0.6) is 0 Å². The first-order valence-electron chi connectivity index (χ1n) is 6.74. The first-order chi connectivity index (χ1) is 11.1. The molecule has 0 fully saturated rings. The summed E-state index contributed by atoms with van der Waals surface area (Å²) in [6, 6.07) is 7.77. The third-order valence-corrected chi connectivity index (χ3v) is 2.88. The second-order valence-electron chi connectivity index (χ2n) is 4.56. The minimum absolute atomic E-state index is 0.0572. The summed E-state index contributed by atoms with van der Waals surface area (Å²) in [5.41, 5.74) is 1.27. The van der Waals surface area contributed by atoms with Crippen molar-refractivity contribution in [3.05, 3.63) is 53.9 Å². The number of carboxylic acid groups (broad SMARTS) is 1. The van der Waals surface area contributed by atoms with Crippen LogP contribution in [-0.4, -0.2) is 39.6 Å². The normalized spacial score (nSPS) is 9.91. The maximum atomic E-state index is 11.9. The lowest BCUT2D eigenvalue weighted by molar-refractivity contribution is -0.136. The quantitative estimate of drug-likeness (QED) is 0.729. The van der Waals surface area contributed by atoms with E-state index in [9.17, 15) is 14.4 Å². The standard InChI is InChI=1S/C15H14N4O4/c20-13(21)6-7-16-14(22)10-1-3-12(4-2-10)19-15(23)11-5-8-17-18-9-11/h1-5,8-9H,6-7H2,(H,16,22)(H,19,23)(H,20,21). The van der Waals surface area contributed by atoms with Gasteiger partial charge in [0, 0.05) is 17.8 Å². The number of hydrogen-bond donors (Lipinski definition) is 3. The molecule has 3 N–H and O–H groups in total. The number of carbonyl (C=O) groups excluding carboxylic acids is 2. The predicted molar refractivity (Wildman–Crippen MR) is 81.0 cm³/mol. The third kappa shape index (κ3) is 4.88. The number of aromatic nitrogens is 2. The largest absolute Gasteiger partial charge is 0.481 e. The Bertz CT molecular complexity index is 701. The molecule has 0 aliphatic rings. The van der Waals surface area contributed by atoms with Crippen molar-refractivity contribution < 1.29 is 19.5 Å². The van der Waals surface area contributed by atoms with Crippen LogP contribution < -0.4 is 10.6 Å². The van der Waals surface area contributed by atoms with Crippen LogP contribution >= 0.6 is 0 Å². The molecule has 0 saturated heterocycles. The molecule has 0 radical (unpaired) electrons. The lowest BCUT2D eigenvalue weighted by atomic mass is 10.2. The van der Waals surface area contributed by atoms with Crippen molar-refractivity contribution in [2.24, 2.45) is 0 Å². The summed E-state index contributed by atoms with van der Waals surface area (Å²) in [6.07, 6.45) is 2.62. The lowest BCUT2D eigenvalue weighted by Gasteiger charge is -2.07. The molecule has 1 aromatic heterocycles. The Morgan fingerprint density at radius 3 is 2.30 bits per heavy atom. The van der Waals surface area contributed by atoms with Crippen LogP contribution in [0.4, 0.5) is 5.69 Å². The van der Waals surface area contributed by atoms with Gasteiger partial charge in [-0.25, -0.2) is 0 Å². The molecule has 8 heteroatoms. The minimum atomic E-state index is -0.978. The van der Waals surface area contributed by atoms with Crippen LogP contribution in [0.15, 0.2) is 42.7 Å². The van der Waals surface area contributed by atoms with Gasteiger partial charge in [0.25, 0.3) is 11.8 Å². The minimum Gasteiger partial charge on any atom is -0.481 e. The number of nitrogens with zero attached hydrogens (tertiary/aromatic N) is 2. The molecule has 2 aromatic rings. The van der Waals surface area contributed by atoms with E-state index < -0.39 is 5.97 Å². The molecule has 0 unspecified atom stereocenters. The van der Waals surface area contributed by atoms with Gasteiger partial charge in [-0.1, -0.05) is 0 Å². The Balaban J connectivity index is 1.93. The highest BCUT2D eigenvalue weighted by molar-refractivity contribution is 6.04. The monoisotopic (exact) mass is 314 g/mol. The van der Waals surface area contributed by atoms with Gasteiger partial charge in [-0.05, 0) is 30.3 Å². The molecule has 2 amide bonds. The van der Waals surface area contributed by atoms with Gasteiger partial charge in [0.15, 0.2) is 0 Å². The Kier molecular flexibility index (Phi) is 5.35. The molecule has 0 spiro atoms. The van der Waals surface area contributed by atoms with Gasteiger partial charge < -0.3 is 15.7 Å². The highest BCUT2D eigenvalue weighted by Crippen LogP contribution is 2.11. The average Bonchev–Trinajstić information content (AvgIpc) is 2.56. The summed E-state index contributed by atoms with van der Waals surface area (Å²) >= 11 is 0. The molecular weight excluding hydrogens is 300 g/mol. The van der Waals surface area contributed by atoms with E-state index in [2.05, 4.69) is 20.8 Å². The molecule has 0 bridgehead atoms. The molecule has 1 heterocycles. The Hall–Kier alpha value is -3.29. The van der Waals surface area contributed by atoms with E-state index >= 15 is 0 Å². The Labute approximate surface area is 131 Å². The third-order valence-electron chi connectivity index (χ3n) is 2.88. The van der Waals surface area contributed by atoms with Gasteiger partial charge in [-0.2, -0.15) is 10.2 Å². The number of aliphatic carboxylic acids is 1. The Morgan fingerprint density at radius 2 is 1.70 bits per heavy atom. The topological polar surface area (TPSA) is 121 Å². The molecule has 0 atom stereocenters. The van der Waals surface area contributed by atoms with Gasteiger partial charge in [-0.15, -0.1) is 0 Å². The average molecular weight is 314 g/mol. The fraction of sp³-hybridized carbons (Fsp3) is 0.133. The summed E-state index contributed by atoms with van der Waals surface area (Å²) in [5, 5.41) is 20.9. The predicted octanol–water partition coefficient (Wildman–Crippen LogP) is 0.933. The fourth-order valence-corrected chi connectivity index (χ4v) is 1.72. The molecule has 0 aliphatic heterocycles. The summed E-state index contributed by atoms with van der Waals surface area (Å²) < 4.78 is 0. The first kappa shape index (κ1) is 16.1. The zero-order valence-electron chi connectivity index (χ0n) is 12.0. The van der Waals surface area contributed by atoms with Crippen molar-refractivity contribution in [3.8, 4) is 0 Å². The van der Waals surface area contributed by atoms with Crippen molar-refractivity contribution in [2.75, 3.05) is 11.9 Å². The van der Waals surface area contributed by atoms with Crippen molar-refractivity contribution in [3.63, 3.8) is 0 Å². The van der Waals surface area contributed by atoms with Crippen LogP contribution in [0.25, 0.3) is 0 Å². The van der Waals surface area contributed by atoms with E-state index in [4.69, 9.17) is 5.11 Å². The molecule has 0 aliphatic carbocycles. The number of amides is 2. The number of carboxylic acids is 1. The van der Waals surface area contributed by atoms with Gasteiger partial charge in [0.05, 0.1) is 24.4 Å². The van der Waals surface area contributed by atoms with Gasteiger partial charge in [0.1, 0.15) is 0 Å². The van der Waals surface area contributed by atoms with Crippen molar-refractivity contribution in [1.29, 1.82) is 0 Å². The van der Waals surface area contributed by atoms with E-state index in [-0.39, 0.29) is 24.8 Å². The van der Waals surface area contributed by atoms with Gasteiger partial charge in [0.2, 0.25) is 0 Å². The van der Waals surface area contributed by atoms with Gasteiger partial charge >= 0.3 is 5.97 Å². The number of rotatable bonds is 6. The summed E-state index contributed by atoms with van der Waals surface area (Å²) in [7, 11) is 0. The van der Waals surface area contributed by atoms with E-state index in [0.717, 1.165) is 0 Å². The number of anilines is 1. The van der Waals surface area contributed by atoms with E-state index in [1.54, 1.807) is 12.1 Å². The maximum Gasteiger partial charge on any atom is 0.305 e. The molecule has 8 nitrogen and oxygen atoms in total. The van der Waals surface area contributed by atoms with E-state index in [0.29, 0.717) is 16.8 Å². The second kappa shape index (κ2) is 7.64.